The van der Waals surface area contributed by atoms with E-state index in [1.54, 1.807) is 0 Å². The van der Waals surface area contributed by atoms with Crippen molar-refractivity contribution in [3.8, 4) is 0 Å². The Balaban J connectivity index is -0.00000000500. The molecular weight excluding hydrogens is 278 g/mol. The van der Waals surface area contributed by atoms with E-state index in [1.165, 1.54) is 0 Å². The van der Waals surface area contributed by atoms with Gasteiger partial charge in [-0.15, -0.1) is 0 Å². The molecule has 0 bridgehead atoms. The van der Waals surface area contributed by atoms with Gasteiger partial charge in [-0.2, -0.15) is 0 Å². The van der Waals surface area contributed by atoms with E-state index < -0.39 is 0 Å². The fourth-order valence-electron chi connectivity index (χ4n) is 0. The van der Waals surface area contributed by atoms with E-state index in [0.29, 0.717) is 0 Å². The van der Waals surface area contributed by atoms with Crippen LogP contribution in [0.1, 0.15) is 0 Å². The van der Waals surface area contributed by atoms with Crippen LogP contribution in [0.2, 0.25) is 0 Å². The Morgan fingerprint density at radius 1 is 0.375 bits per heavy atom. The van der Waals surface area contributed by atoms with Crippen molar-refractivity contribution in [3.05, 3.63) is 38.5 Å². The second kappa shape index (κ2) is 45400. The first kappa shape index (κ1) is 44.4. The fraction of sp³-hybridized carbons (Fsp3) is 0. The molecule has 0 unspecified atom stereocenters. The molecule has 0 rings (SSSR count). The van der Waals surface area contributed by atoms with Crippen molar-refractivity contribution in [2.75, 3.05) is 0 Å². The number of hydrogen-bond acceptors (Lipinski definition) is 0. The van der Waals surface area contributed by atoms with Crippen LogP contribution in [0.5, 0.6) is 0 Å². The Labute approximate surface area is 77.3 Å². The minimum atomic E-state index is 0. The maximum Gasteiger partial charge on any atom is 3.00 e. The summed E-state index contributed by atoms with van der Waals surface area (Å²) in [4.78, 5) is 0. The summed E-state index contributed by atoms with van der Waals surface area (Å²) in [7, 11) is 0. The molecule has 0 saturated carbocycles. The molecule has 0 saturated heterocycles. The van der Waals surface area contributed by atoms with Gasteiger partial charge in [0.2, 0.25) is 0 Å². The molecule has 0 fully saturated rings. The van der Waals surface area contributed by atoms with E-state index in [0.717, 1.165) is 0 Å². The number of rotatable bonds is 0. The fourth-order valence-corrected chi connectivity index (χ4v) is 0. The van der Waals surface area contributed by atoms with Gasteiger partial charge in [0.05, 0.1) is 0 Å². The minimum Gasteiger partial charge on any atom is -1.00 e. The molecule has 0 aromatic heterocycles. The van der Waals surface area contributed by atoms with Crippen molar-refractivity contribution in [1.29, 1.82) is 0 Å². The molecular formula is C6Rh2. The molecule has 0 aliphatic carbocycles. The Kier molecular flexibility index (Phi) is 252000. The van der Waals surface area contributed by atoms with Gasteiger partial charge in [0.15, 0.2) is 0 Å². The van der Waals surface area contributed by atoms with Crippen LogP contribution in [0.15, 0.2) is 0 Å². The summed E-state index contributed by atoms with van der Waals surface area (Å²) in [6, 6.07) is 0. The Hall–Kier alpha value is -0.0732. The minimum absolute atomic E-state index is 0. The SMILES string of the molecule is [C-]#[C-].[C-]#[C-].[C-]#[C-].[Rh+3].[Rh+3]. The Bertz CT molecular complexity index is 35.0. The molecule has 0 aliphatic rings. The number of hydrogen-bond donors (Lipinski definition) is 0. The predicted molar refractivity (Wildman–Crippen MR) is 19.5 cm³/mol. The van der Waals surface area contributed by atoms with Gasteiger partial charge in [0.1, 0.15) is 0 Å². The normalized spacial score (nSPS) is 0.750. The van der Waals surface area contributed by atoms with E-state index in [1.807, 2.05) is 0 Å². The first-order valence-corrected chi connectivity index (χ1v) is 0.750. The zero-order valence-electron chi connectivity index (χ0n) is 3.67. The van der Waals surface area contributed by atoms with Crippen LogP contribution in [0.3, 0.4) is 0 Å². The summed E-state index contributed by atoms with van der Waals surface area (Å²) in [6.07, 6.45) is 30.0. The zero-order chi connectivity index (χ0) is 6.00. The molecule has 0 aliphatic heterocycles. The van der Waals surface area contributed by atoms with Crippen molar-refractivity contribution in [2.24, 2.45) is 0 Å². The topological polar surface area (TPSA) is 0 Å². The molecule has 0 N–H and O–H groups in total. The van der Waals surface area contributed by atoms with E-state index in [2.05, 4.69) is 0 Å². The molecule has 0 aromatic carbocycles. The zero-order valence-corrected chi connectivity index (χ0v) is 6.94. The third-order valence-corrected chi connectivity index (χ3v) is 0. The molecule has 42 valence electrons. The Morgan fingerprint density at radius 2 is 0.375 bits per heavy atom. The summed E-state index contributed by atoms with van der Waals surface area (Å²) >= 11 is 0. The molecule has 0 nitrogen and oxygen atoms in total. The van der Waals surface area contributed by atoms with Crippen LogP contribution >= 0.6 is 0 Å². The van der Waals surface area contributed by atoms with Gasteiger partial charge in [-0.25, -0.2) is 0 Å². The van der Waals surface area contributed by atoms with Gasteiger partial charge in [-0.05, 0) is 0 Å². The predicted octanol–water partition coefficient (Wildman–Crippen LogP) is 0.483. The van der Waals surface area contributed by atoms with Gasteiger partial charge in [-0.1, -0.05) is 0 Å². The van der Waals surface area contributed by atoms with Crippen molar-refractivity contribution in [2.45, 2.75) is 0 Å². The van der Waals surface area contributed by atoms with Gasteiger partial charge in [0, 0.05) is 0 Å². The molecule has 0 spiro atoms. The van der Waals surface area contributed by atoms with Crippen molar-refractivity contribution in [3.63, 3.8) is 0 Å². The first-order valence-electron chi connectivity index (χ1n) is 0.750. The molecule has 0 aromatic rings. The smallest absolute Gasteiger partial charge is 1.00 e. The average molecular weight is 278 g/mol. The van der Waals surface area contributed by atoms with Gasteiger partial charge in [0.25, 0.3) is 0 Å². The molecule has 0 atom stereocenters. The quantitative estimate of drug-likeness (QED) is 0.343. The van der Waals surface area contributed by atoms with E-state index in [9.17, 15) is 0 Å². The molecule has 0 radical (unpaired) electrons. The summed E-state index contributed by atoms with van der Waals surface area (Å²) < 4.78 is 0. The molecule has 0 heterocycles. The first-order chi connectivity index (χ1) is 3.00. The third-order valence-electron chi connectivity index (χ3n) is 0. The van der Waals surface area contributed by atoms with Crippen LogP contribution in [0, 0.1) is 38.5 Å². The van der Waals surface area contributed by atoms with Crippen molar-refractivity contribution < 1.29 is 39.0 Å². The third kappa shape index (κ3) is 26800. The summed E-state index contributed by atoms with van der Waals surface area (Å²) in [5, 5.41) is 0. The second-order valence-electron chi connectivity index (χ2n) is 0. The summed E-state index contributed by atoms with van der Waals surface area (Å²) in [5.41, 5.74) is 0. The van der Waals surface area contributed by atoms with E-state index in [-0.39, 0.29) is 39.0 Å². The largest absolute Gasteiger partial charge is 3.00 e. The van der Waals surface area contributed by atoms with E-state index in [4.69, 9.17) is 38.5 Å². The van der Waals surface area contributed by atoms with Crippen LogP contribution in [-0.2, 0) is 39.0 Å². The standard InChI is InChI=1S/3C2.2Rh/c3*1-2;;/q3*-2;2*+3. The maximum absolute atomic E-state index is 5.00. The Morgan fingerprint density at radius 3 is 0.375 bits per heavy atom. The van der Waals surface area contributed by atoms with Crippen LogP contribution in [0.25, 0.3) is 0 Å². The van der Waals surface area contributed by atoms with E-state index >= 15 is 0 Å². The summed E-state index contributed by atoms with van der Waals surface area (Å²) in [5.74, 6) is 0. The molecule has 2 heteroatoms. The molecule has 8 heavy (non-hydrogen) atoms. The average Bonchev–Trinajstić information content (AvgIpc) is 1.81. The van der Waals surface area contributed by atoms with Crippen molar-refractivity contribution in [1.82, 2.24) is 0 Å². The second-order valence-corrected chi connectivity index (χ2v) is 0. The maximum atomic E-state index is 5.00. The van der Waals surface area contributed by atoms with Gasteiger partial charge in [-0.3, -0.25) is 0 Å². The van der Waals surface area contributed by atoms with Crippen molar-refractivity contribution >= 4 is 0 Å². The monoisotopic (exact) mass is 278 g/mol. The molecule has 0 amide bonds. The van der Waals surface area contributed by atoms with Gasteiger partial charge < -0.3 is 38.5 Å². The van der Waals surface area contributed by atoms with Crippen LogP contribution < -0.4 is 0 Å². The van der Waals surface area contributed by atoms with Gasteiger partial charge >= 0.3 is 39.0 Å². The van der Waals surface area contributed by atoms with Crippen LogP contribution in [-0.4, -0.2) is 0 Å². The van der Waals surface area contributed by atoms with Crippen LogP contribution in [0.4, 0.5) is 0 Å². The summed E-state index contributed by atoms with van der Waals surface area (Å²) in [6.45, 7) is 0.